The fourth-order valence-electron chi connectivity index (χ4n) is 2.33. The van der Waals surface area contributed by atoms with Gasteiger partial charge in [0.1, 0.15) is 5.78 Å². The number of nitrogens with zero attached hydrogens (tertiary/aromatic N) is 2. The average Bonchev–Trinajstić information content (AvgIpc) is 2.31. The van der Waals surface area contributed by atoms with Crippen LogP contribution in [0, 0.1) is 11.3 Å². The van der Waals surface area contributed by atoms with Crippen LogP contribution in [0.1, 0.15) is 39.0 Å². The van der Waals surface area contributed by atoms with E-state index in [9.17, 15) is 9.59 Å². The molecule has 5 heteroatoms. The van der Waals surface area contributed by atoms with Gasteiger partial charge in [-0.05, 0) is 26.3 Å². The van der Waals surface area contributed by atoms with Crippen molar-refractivity contribution >= 4 is 11.7 Å². The number of likely N-dealkylation sites (tertiary alicyclic amines) is 1. The molecular formula is C13H21N3O2. The van der Waals surface area contributed by atoms with Crippen molar-refractivity contribution < 1.29 is 9.59 Å². The van der Waals surface area contributed by atoms with E-state index in [1.165, 1.54) is 0 Å². The van der Waals surface area contributed by atoms with Crippen molar-refractivity contribution in [2.45, 2.75) is 45.1 Å². The third-order valence-corrected chi connectivity index (χ3v) is 3.18. The van der Waals surface area contributed by atoms with Crippen LogP contribution < -0.4 is 5.32 Å². The van der Waals surface area contributed by atoms with Crippen LogP contribution in [0.25, 0.3) is 0 Å². The number of amides is 1. The summed E-state index contributed by atoms with van der Waals surface area (Å²) in [6.45, 7) is 3.22. The van der Waals surface area contributed by atoms with E-state index in [4.69, 9.17) is 5.26 Å². The number of hydrogen-bond donors (Lipinski definition) is 1. The fourth-order valence-corrected chi connectivity index (χ4v) is 2.33. The van der Waals surface area contributed by atoms with Crippen LogP contribution in [0.3, 0.4) is 0 Å². The molecule has 0 aliphatic carbocycles. The maximum atomic E-state index is 11.7. The van der Waals surface area contributed by atoms with Crippen molar-refractivity contribution in [2.75, 3.05) is 19.6 Å². The van der Waals surface area contributed by atoms with Crippen LogP contribution in [-0.4, -0.2) is 42.3 Å². The molecule has 0 spiro atoms. The van der Waals surface area contributed by atoms with E-state index in [0.717, 1.165) is 25.8 Å². The number of piperidine rings is 1. The quantitative estimate of drug-likeness (QED) is 0.710. The molecule has 1 rings (SSSR count). The Labute approximate surface area is 108 Å². The molecular weight excluding hydrogens is 230 g/mol. The molecule has 18 heavy (non-hydrogen) atoms. The summed E-state index contributed by atoms with van der Waals surface area (Å²) < 4.78 is 0. The van der Waals surface area contributed by atoms with Gasteiger partial charge in [0.25, 0.3) is 0 Å². The molecule has 1 saturated heterocycles. The van der Waals surface area contributed by atoms with Gasteiger partial charge in [-0.25, -0.2) is 0 Å². The summed E-state index contributed by atoms with van der Waals surface area (Å²) in [5.41, 5.74) is 0. The molecule has 1 atom stereocenters. The van der Waals surface area contributed by atoms with Crippen LogP contribution in [0.5, 0.6) is 0 Å². The van der Waals surface area contributed by atoms with E-state index in [2.05, 4.69) is 10.2 Å². The van der Waals surface area contributed by atoms with Gasteiger partial charge in [-0.2, -0.15) is 5.26 Å². The Morgan fingerprint density at radius 3 is 2.89 bits per heavy atom. The zero-order chi connectivity index (χ0) is 13.4. The normalized spacial score (nSPS) is 20.1. The van der Waals surface area contributed by atoms with Crippen LogP contribution in [0.15, 0.2) is 0 Å². The monoisotopic (exact) mass is 251 g/mol. The minimum Gasteiger partial charge on any atom is -0.354 e. The van der Waals surface area contributed by atoms with E-state index >= 15 is 0 Å². The van der Waals surface area contributed by atoms with Crippen LogP contribution in [0.4, 0.5) is 0 Å². The van der Waals surface area contributed by atoms with Crippen molar-refractivity contribution in [2.24, 2.45) is 0 Å². The number of ketones is 1. The number of nitriles is 1. The number of rotatable bonds is 6. The Kier molecular flexibility index (Phi) is 6.37. The van der Waals surface area contributed by atoms with Gasteiger partial charge in [-0.15, -0.1) is 0 Å². The largest absolute Gasteiger partial charge is 0.354 e. The molecule has 1 heterocycles. The highest BCUT2D eigenvalue weighted by Gasteiger charge is 2.24. The van der Waals surface area contributed by atoms with Gasteiger partial charge in [0.2, 0.25) is 5.91 Å². The Morgan fingerprint density at radius 2 is 2.22 bits per heavy atom. The molecule has 0 aromatic rings. The van der Waals surface area contributed by atoms with Crippen molar-refractivity contribution in [3.8, 4) is 6.07 Å². The van der Waals surface area contributed by atoms with E-state index in [0.29, 0.717) is 25.9 Å². The summed E-state index contributed by atoms with van der Waals surface area (Å²) in [6.07, 6.45) is 4.07. The lowest BCUT2D eigenvalue weighted by atomic mass is 9.98. The summed E-state index contributed by atoms with van der Waals surface area (Å²) in [5, 5.41) is 11.1. The number of carbonyl (C=O) groups excluding carboxylic acids is 2. The predicted octanol–water partition coefficient (Wildman–Crippen LogP) is 0.850. The number of hydrogen-bond acceptors (Lipinski definition) is 4. The Balaban J connectivity index is 2.39. The van der Waals surface area contributed by atoms with E-state index in [1.54, 1.807) is 6.92 Å². The van der Waals surface area contributed by atoms with Gasteiger partial charge in [0.05, 0.1) is 19.0 Å². The van der Waals surface area contributed by atoms with Crippen LogP contribution >= 0.6 is 0 Å². The van der Waals surface area contributed by atoms with Crippen molar-refractivity contribution in [1.82, 2.24) is 10.2 Å². The van der Waals surface area contributed by atoms with Crippen LogP contribution in [-0.2, 0) is 9.59 Å². The summed E-state index contributed by atoms with van der Waals surface area (Å²) in [6, 6.07) is 2.20. The Hall–Kier alpha value is -1.41. The lowest BCUT2D eigenvalue weighted by molar-refractivity contribution is -0.125. The highest BCUT2D eigenvalue weighted by molar-refractivity contribution is 5.78. The van der Waals surface area contributed by atoms with Gasteiger partial charge in [-0.1, -0.05) is 6.42 Å². The molecule has 1 amide bonds. The maximum absolute atomic E-state index is 11.7. The molecule has 0 radical (unpaired) electrons. The fraction of sp³-hybridized carbons (Fsp3) is 0.769. The lowest BCUT2D eigenvalue weighted by Gasteiger charge is -2.34. The molecule has 1 unspecified atom stereocenters. The van der Waals surface area contributed by atoms with Gasteiger partial charge < -0.3 is 5.32 Å². The Morgan fingerprint density at radius 1 is 1.44 bits per heavy atom. The van der Waals surface area contributed by atoms with Gasteiger partial charge >= 0.3 is 0 Å². The van der Waals surface area contributed by atoms with E-state index in [-0.39, 0.29) is 17.7 Å². The minimum absolute atomic E-state index is 0.0549. The Bertz CT molecular complexity index is 336. The predicted molar refractivity (Wildman–Crippen MR) is 67.7 cm³/mol. The second kappa shape index (κ2) is 7.83. The number of Topliss-reactive ketones (excluding diaryl/α,β-unsaturated/α-hetero) is 1. The first-order valence-corrected chi connectivity index (χ1v) is 6.50. The first-order valence-electron chi connectivity index (χ1n) is 6.50. The highest BCUT2D eigenvalue weighted by atomic mass is 16.2. The lowest BCUT2D eigenvalue weighted by Crippen LogP contribution is -2.46. The first-order chi connectivity index (χ1) is 8.63. The molecule has 1 aliphatic rings. The van der Waals surface area contributed by atoms with Gasteiger partial charge in [0, 0.05) is 19.0 Å². The SMILES string of the molecule is CC(=O)CC1CCCCN1CC(=O)NCCC#N. The van der Waals surface area contributed by atoms with Gasteiger partial charge in [-0.3, -0.25) is 14.5 Å². The molecule has 0 bridgehead atoms. The maximum Gasteiger partial charge on any atom is 0.234 e. The van der Waals surface area contributed by atoms with Crippen molar-refractivity contribution in [3.63, 3.8) is 0 Å². The molecule has 1 N–H and O–H groups in total. The third kappa shape index (κ3) is 5.28. The summed E-state index contributed by atoms with van der Waals surface area (Å²) in [4.78, 5) is 25.0. The van der Waals surface area contributed by atoms with Gasteiger partial charge in [0.15, 0.2) is 0 Å². The first kappa shape index (κ1) is 14.7. The molecule has 0 saturated carbocycles. The van der Waals surface area contributed by atoms with Crippen LogP contribution in [0.2, 0.25) is 0 Å². The van der Waals surface area contributed by atoms with E-state index in [1.807, 2.05) is 6.07 Å². The smallest absolute Gasteiger partial charge is 0.234 e. The molecule has 1 aliphatic heterocycles. The highest BCUT2D eigenvalue weighted by Crippen LogP contribution is 2.19. The third-order valence-electron chi connectivity index (χ3n) is 3.18. The van der Waals surface area contributed by atoms with E-state index < -0.39 is 0 Å². The zero-order valence-corrected chi connectivity index (χ0v) is 10.9. The number of carbonyl (C=O) groups is 2. The molecule has 0 aromatic carbocycles. The molecule has 0 aromatic heterocycles. The standard InChI is InChI=1S/C13H21N3O2/c1-11(17)9-12-5-2-3-8-16(12)10-13(18)15-7-4-6-14/h12H,2-5,7-10H2,1H3,(H,15,18). The topological polar surface area (TPSA) is 73.2 Å². The summed E-state index contributed by atoms with van der Waals surface area (Å²) >= 11 is 0. The van der Waals surface area contributed by atoms with Crippen molar-refractivity contribution in [3.05, 3.63) is 0 Å². The second-order valence-electron chi connectivity index (χ2n) is 4.78. The number of nitrogens with one attached hydrogen (secondary N) is 1. The van der Waals surface area contributed by atoms with Crippen molar-refractivity contribution in [1.29, 1.82) is 5.26 Å². The molecule has 1 fully saturated rings. The summed E-state index contributed by atoms with van der Waals surface area (Å²) in [5.74, 6) is 0.123. The average molecular weight is 251 g/mol. The summed E-state index contributed by atoms with van der Waals surface area (Å²) in [7, 11) is 0. The second-order valence-corrected chi connectivity index (χ2v) is 4.78. The minimum atomic E-state index is -0.0549. The molecule has 5 nitrogen and oxygen atoms in total. The molecule has 100 valence electrons. The zero-order valence-electron chi connectivity index (χ0n) is 10.9.